The van der Waals surface area contributed by atoms with E-state index in [9.17, 15) is 18.3 Å². The van der Waals surface area contributed by atoms with Gasteiger partial charge >= 0.3 is 6.18 Å². The molecule has 152 valence electrons. The standard InChI is InChI=1S/C20H24F3N3O2/c1-3-24-19(25-10-9-14-7-8-17(27)18(12-14)28-2)26-13-15-5-4-6-16(11-15)20(21,22)23/h4-8,11-12,27H,3,9-10,13H2,1-2H3,(H2,24,25,26). The number of hydrogen-bond donors (Lipinski definition) is 3. The summed E-state index contributed by atoms with van der Waals surface area (Å²) < 4.78 is 43.5. The van der Waals surface area contributed by atoms with Gasteiger partial charge in [-0.3, -0.25) is 0 Å². The molecular weight excluding hydrogens is 371 g/mol. The second kappa shape index (κ2) is 9.87. The minimum Gasteiger partial charge on any atom is -0.504 e. The molecule has 3 N–H and O–H groups in total. The van der Waals surface area contributed by atoms with Gasteiger partial charge in [-0.15, -0.1) is 0 Å². The zero-order chi connectivity index (χ0) is 20.6. The molecule has 0 heterocycles. The Morgan fingerprint density at radius 2 is 1.89 bits per heavy atom. The Morgan fingerprint density at radius 1 is 1.11 bits per heavy atom. The number of halogens is 3. The minimum atomic E-state index is -4.37. The molecule has 0 aliphatic rings. The second-order valence-corrected chi connectivity index (χ2v) is 6.08. The molecule has 0 saturated heterocycles. The third-order valence-corrected chi connectivity index (χ3v) is 3.97. The average molecular weight is 395 g/mol. The summed E-state index contributed by atoms with van der Waals surface area (Å²) in [6.45, 7) is 3.22. The van der Waals surface area contributed by atoms with Gasteiger partial charge in [0.2, 0.25) is 0 Å². The monoisotopic (exact) mass is 395 g/mol. The lowest BCUT2D eigenvalue weighted by atomic mass is 10.1. The second-order valence-electron chi connectivity index (χ2n) is 6.08. The molecule has 0 amide bonds. The van der Waals surface area contributed by atoms with E-state index in [1.807, 2.05) is 6.92 Å². The molecule has 8 heteroatoms. The van der Waals surface area contributed by atoms with Crippen LogP contribution in [0.5, 0.6) is 11.5 Å². The highest BCUT2D eigenvalue weighted by atomic mass is 19.4. The maximum absolute atomic E-state index is 12.8. The molecule has 2 aromatic rings. The van der Waals surface area contributed by atoms with Crippen LogP contribution in [0.2, 0.25) is 0 Å². The van der Waals surface area contributed by atoms with Gasteiger partial charge in [0.1, 0.15) is 0 Å². The number of benzene rings is 2. The third kappa shape index (κ3) is 6.37. The minimum absolute atomic E-state index is 0.0789. The van der Waals surface area contributed by atoms with Crippen LogP contribution in [0.4, 0.5) is 13.2 Å². The largest absolute Gasteiger partial charge is 0.504 e. The van der Waals surface area contributed by atoms with Gasteiger partial charge in [0.25, 0.3) is 0 Å². The molecule has 5 nitrogen and oxygen atoms in total. The van der Waals surface area contributed by atoms with E-state index < -0.39 is 11.7 Å². The predicted molar refractivity (Wildman–Crippen MR) is 103 cm³/mol. The third-order valence-electron chi connectivity index (χ3n) is 3.97. The fourth-order valence-electron chi connectivity index (χ4n) is 2.56. The first-order valence-corrected chi connectivity index (χ1v) is 8.87. The molecule has 2 rings (SSSR count). The lowest BCUT2D eigenvalue weighted by molar-refractivity contribution is -0.137. The summed E-state index contributed by atoms with van der Waals surface area (Å²) in [5, 5.41) is 15.8. The topological polar surface area (TPSA) is 65.9 Å². The fourth-order valence-corrected chi connectivity index (χ4v) is 2.56. The molecule has 0 radical (unpaired) electrons. The lowest BCUT2D eigenvalue weighted by Gasteiger charge is -2.12. The summed E-state index contributed by atoms with van der Waals surface area (Å²) >= 11 is 0. The molecule has 2 aromatic carbocycles. The maximum Gasteiger partial charge on any atom is 0.416 e. The quantitative estimate of drug-likeness (QED) is 0.494. The van der Waals surface area contributed by atoms with Gasteiger partial charge in [-0.2, -0.15) is 13.2 Å². The zero-order valence-corrected chi connectivity index (χ0v) is 15.8. The van der Waals surface area contributed by atoms with Crippen LogP contribution in [-0.4, -0.2) is 31.3 Å². The lowest BCUT2D eigenvalue weighted by Crippen LogP contribution is -2.38. The van der Waals surface area contributed by atoms with Crippen molar-refractivity contribution < 1.29 is 23.0 Å². The molecule has 0 fully saturated rings. The van der Waals surface area contributed by atoms with E-state index >= 15 is 0 Å². The smallest absolute Gasteiger partial charge is 0.416 e. The summed E-state index contributed by atoms with van der Waals surface area (Å²) in [6.07, 6.45) is -3.71. The van der Waals surface area contributed by atoms with Crippen molar-refractivity contribution in [3.63, 3.8) is 0 Å². The van der Waals surface area contributed by atoms with Crippen molar-refractivity contribution in [2.24, 2.45) is 4.99 Å². The predicted octanol–water partition coefficient (Wildman–Crippen LogP) is 3.72. The molecule has 0 saturated carbocycles. The van der Waals surface area contributed by atoms with Gasteiger partial charge in [-0.25, -0.2) is 4.99 Å². The molecule has 0 aliphatic heterocycles. The van der Waals surface area contributed by atoms with Gasteiger partial charge in [0, 0.05) is 13.1 Å². The first-order chi connectivity index (χ1) is 13.3. The van der Waals surface area contributed by atoms with Crippen molar-refractivity contribution in [1.29, 1.82) is 0 Å². The number of alkyl halides is 3. The Hall–Kier alpha value is -2.90. The van der Waals surface area contributed by atoms with E-state index in [-0.39, 0.29) is 12.3 Å². The number of methoxy groups -OCH3 is 1. The highest BCUT2D eigenvalue weighted by Gasteiger charge is 2.30. The van der Waals surface area contributed by atoms with Crippen molar-refractivity contribution in [3.05, 3.63) is 59.2 Å². The van der Waals surface area contributed by atoms with E-state index in [4.69, 9.17) is 4.74 Å². The van der Waals surface area contributed by atoms with Gasteiger partial charge in [0.05, 0.1) is 19.2 Å². The highest BCUT2D eigenvalue weighted by molar-refractivity contribution is 5.79. The summed E-state index contributed by atoms with van der Waals surface area (Å²) in [5.74, 6) is 1.00. The number of phenolic OH excluding ortho intramolecular Hbond substituents is 1. The number of rotatable bonds is 7. The van der Waals surface area contributed by atoms with E-state index in [0.717, 1.165) is 17.7 Å². The highest BCUT2D eigenvalue weighted by Crippen LogP contribution is 2.29. The molecule has 0 unspecified atom stereocenters. The maximum atomic E-state index is 12.8. The first kappa shape index (κ1) is 21.4. The van der Waals surface area contributed by atoms with Crippen LogP contribution < -0.4 is 15.4 Å². The Labute approximate surface area is 162 Å². The van der Waals surface area contributed by atoms with Crippen LogP contribution in [0.15, 0.2) is 47.5 Å². The Bertz CT molecular complexity index is 808. The van der Waals surface area contributed by atoms with E-state index in [1.54, 1.807) is 24.3 Å². The molecule has 0 aliphatic carbocycles. The Balaban J connectivity index is 1.97. The van der Waals surface area contributed by atoms with Crippen LogP contribution >= 0.6 is 0 Å². The van der Waals surface area contributed by atoms with Crippen molar-refractivity contribution >= 4 is 5.96 Å². The summed E-state index contributed by atoms with van der Waals surface area (Å²) in [6, 6.07) is 10.3. The average Bonchev–Trinajstić information content (AvgIpc) is 2.67. The molecule has 0 atom stereocenters. The first-order valence-electron chi connectivity index (χ1n) is 8.87. The normalized spacial score (nSPS) is 12.0. The van der Waals surface area contributed by atoms with Gasteiger partial charge in [-0.05, 0) is 48.7 Å². The molecule has 0 bridgehead atoms. The molecule has 0 spiro atoms. The van der Waals surface area contributed by atoms with Crippen LogP contribution in [0.3, 0.4) is 0 Å². The van der Waals surface area contributed by atoms with Crippen molar-refractivity contribution in [1.82, 2.24) is 10.6 Å². The number of nitrogens with zero attached hydrogens (tertiary/aromatic N) is 1. The van der Waals surface area contributed by atoms with Crippen LogP contribution in [-0.2, 0) is 19.1 Å². The van der Waals surface area contributed by atoms with Crippen LogP contribution in [0.25, 0.3) is 0 Å². The zero-order valence-electron chi connectivity index (χ0n) is 15.8. The van der Waals surface area contributed by atoms with E-state index in [0.29, 0.717) is 36.8 Å². The Kier molecular flexibility index (Phi) is 7.54. The number of guanidine groups is 1. The van der Waals surface area contributed by atoms with Crippen LogP contribution in [0.1, 0.15) is 23.6 Å². The van der Waals surface area contributed by atoms with Crippen molar-refractivity contribution in [2.75, 3.05) is 20.2 Å². The van der Waals surface area contributed by atoms with Gasteiger partial charge in [-0.1, -0.05) is 18.2 Å². The van der Waals surface area contributed by atoms with Crippen LogP contribution in [0, 0.1) is 0 Å². The number of nitrogens with one attached hydrogen (secondary N) is 2. The number of ether oxygens (including phenoxy) is 1. The van der Waals surface area contributed by atoms with E-state index in [2.05, 4.69) is 15.6 Å². The summed E-state index contributed by atoms with van der Waals surface area (Å²) in [5.41, 5.74) is 0.769. The SMILES string of the molecule is CCNC(=NCc1cccc(C(F)(F)F)c1)NCCc1ccc(O)c(OC)c1. The number of phenols is 1. The number of aliphatic imine (C=N–C) groups is 1. The van der Waals surface area contributed by atoms with E-state index in [1.165, 1.54) is 13.2 Å². The summed E-state index contributed by atoms with van der Waals surface area (Å²) in [7, 11) is 1.49. The van der Waals surface area contributed by atoms with Gasteiger partial charge < -0.3 is 20.5 Å². The molecule has 0 aromatic heterocycles. The molecule has 28 heavy (non-hydrogen) atoms. The number of hydrogen-bond acceptors (Lipinski definition) is 3. The van der Waals surface area contributed by atoms with Gasteiger partial charge in [0.15, 0.2) is 17.5 Å². The molecular formula is C20H24F3N3O2. The fraction of sp³-hybridized carbons (Fsp3) is 0.350. The number of aromatic hydroxyl groups is 1. The van der Waals surface area contributed by atoms with Crippen molar-refractivity contribution in [2.45, 2.75) is 26.1 Å². The van der Waals surface area contributed by atoms with Crippen molar-refractivity contribution in [3.8, 4) is 11.5 Å². The summed E-state index contributed by atoms with van der Waals surface area (Å²) in [4.78, 5) is 4.35. The Morgan fingerprint density at radius 3 is 2.57 bits per heavy atom.